The van der Waals surface area contributed by atoms with Gasteiger partial charge in [-0.2, -0.15) is 11.8 Å². The van der Waals surface area contributed by atoms with Gasteiger partial charge in [0.25, 0.3) is 0 Å². The number of carboxylic acid groups (broad SMARTS) is 1. The highest BCUT2D eigenvalue weighted by Crippen LogP contribution is 2.25. The largest absolute Gasteiger partial charge is 0.481 e. The summed E-state index contributed by atoms with van der Waals surface area (Å²) in [5, 5.41) is 16.8. The highest BCUT2D eigenvalue weighted by molar-refractivity contribution is 7.99. The van der Waals surface area contributed by atoms with Crippen molar-refractivity contribution in [2.75, 3.05) is 11.5 Å². The molecule has 1 N–H and O–H groups in total. The molecule has 0 saturated carbocycles. The lowest BCUT2D eigenvalue weighted by atomic mass is 9.99. The molecule has 1 fully saturated rings. The van der Waals surface area contributed by atoms with Crippen LogP contribution in [0.15, 0.2) is 4.42 Å². The van der Waals surface area contributed by atoms with Crippen molar-refractivity contribution in [3.05, 3.63) is 11.8 Å². The van der Waals surface area contributed by atoms with Crippen LogP contribution in [0.3, 0.4) is 0 Å². The summed E-state index contributed by atoms with van der Waals surface area (Å²) in [4.78, 5) is 10.6. The fraction of sp³-hybridized carbons (Fsp3) is 0.769. The number of thioether (sulfide) groups is 1. The van der Waals surface area contributed by atoms with E-state index in [1.165, 1.54) is 24.3 Å². The fourth-order valence-corrected chi connectivity index (χ4v) is 3.52. The highest BCUT2D eigenvalue weighted by atomic mass is 32.2. The Labute approximate surface area is 117 Å². The van der Waals surface area contributed by atoms with Gasteiger partial charge in [0.2, 0.25) is 11.8 Å². The van der Waals surface area contributed by atoms with Gasteiger partial charge in [0, 0.05) is 19.3 Å². The van der Waals surface area contributed by atoms with Crippen LogP contribution in [0, 0.1) is 11.8 Å². The Morgan fingerprint density at radius 2 is 2.11 bits per heavy atom. The van der Waals surface area contributed by atoms with Gasteiger partial charge in [-0.1, -0.05) is 6.92 Å². The predicted molar refractivity (Wildman–Crippen MR) is 73.2 cm³/mol. The molecule has 106 valence electrons. The lowest BCUT2D eigenvalue weighted by molar-refractivity contribution is -0.137. The SMILES string of the molecule is CC(CC(=O)O)Cc1nnc(CC2CCSCC2)o1. The Morgan fingerprint density at radius 1 is 1.42 bits per heavy atom. The summed E-state index contributed by atoms with van der Waals surface area (Å²) in [6.45, 7) is 1.89. The van der Waals surface area contributed by atoms with Crippen molar-refractivity contribution in [2.45, 2.75) is 39.0 Å². The molecule has 2 heterocycles. The second-order valence-electron chi connectivity index (χ2n) is 5.26. The van der Waals surface area contributed by atoms with Crippen LogP contribution in [0.5, 0.6) is 0 Å². The van der Waals surface area contributed by atoms with E-state index >= 15 is 0 Å². The molecule has 1 saturated heterocycles. The number of nitrogens with zero attached hydrogens (tertiary/aromatic N) is 2. The zero-order valence-corrected chi connectivity index (χ0v) is 12.0. The Morgan fingerprint density at radius 3 is 2.79 bits per heavy atom. The first-order chi connectivity index (χ1) is 9.13. The van der Waals surface area contributed by atoms with E-state index in [9.17, 15) is 4.79 Å². The van der Waals surface area contributed by atoms with Crippen LogP contribution in [-0.2, 0) is 17.6 Å². The number of hydrogen-bond donors (Lipinski definition) is 1. The molecule has 1 aliphatic rings. The van der Waals surface area contributed by atoms with E-state index in [1.54, 1.807) is 0 Å². The van der Waals surface area contributed by atoms with Gasteiger partial charge >= 0.3 is 5.97 Å². The lowest BCUT2D eigenvalue weighted by Gasteiger charge is -2.19. The first-order valence-corrected chi connectivity index (χ1v) is 7.89. The number of carbonyl (C=O) groups is 1. The minimum Gasteiger partial charge on any atom is -0.481 e. The topological polar surface area (TPSA) is 76.2 Å². The first-order valence-electron chi connectivity index (χ1n) is 6.74. The molecule has 0 radical (unpaired) electrons. The molecular formula is C13H20N2O3S. The predicted octanol–water partition coefficient (Wildman–Crippen LogP) is 2.41. The Kier molecular flexibility index (Phi) is 5.24. The minimum atomic E-state index is -0.785. The maximum absolute atomic E-state index is 10.6. The molecule has 0 amide bonds. The second-order valence-corrected chi connectivity index (χ2v) is 6.48. The normalized spacial score (nSPS) is 18.4. The van der Waals surface area contributed by atoms with Crippen molar-refractivity contribution >= 4 is 17.7 Å². The summed E-state index contributed by atoms with van der Waals surface area (Å²) in [6, 6.07) is 0. The van der Waals surface area contributed by atoms with E-state index < -0.39 is 5.97 Å². The van der Waals surface area contributed by atoms with Crippen LogP contribution >= 0.6 is 11.8 Å². The van der Waals surface area contributed by atoms with Gasteiger partial charge < -0.3 is 9.52 Å². The number of carboxylic acids is 1. The van der Waals surface area contributed by atoms with Gasteiger partial charge in [-0.05, 0) is 36.2 Å². The van der Waals surface area contributed by atoms with Crippen molar-refractivity contribution in [1.29, 1.82) is 0 Å². The third-order valence-corrected chi connectivity index (χ3v) is 4.41. The van der Waals surface area contributed by atoms with Crippen molar-refractivity contribution in [1.82, 2.24) is 10.2 Å². The van der Waals surface area contributed by atoms with Gasteiger partial charge in [0.1, 0.15) is 0 Å². The smallest absolute Gasteiger partial charge is 0.303 e. The molecule has 1 aromatic rings. The molecule has 2 rings (SSSR count). The average Bonchev–Trinajstić information content (AvgIpc) is 2.76. The van der Waals surface area contributed by atoms with Crippen molar-refractivity contribution in [3.63, 3.8) is 0 Å². The van der Waals surface area contributed by atoms with E-state index in [4.69, 9.17) is 9.52 Å². The molecule has 1 aliphatic heterocycles. The monoisotopic (exact) mass is 284 g/mol. The maximum Gasteiger partial charge on any atom is 0.303 e. The van der Waals surface area contributed by atoms with E-state index in [-0.39, 0.29) is 12.3 Å². The van der Waals surface area contributed by atoms with Crippen molar-refractivity contribution in [3.8, 4) is 0 Å². The zero-order chi connectivity index (χ0) is 13.7. The van der Waals surface area contributed by atoms with Crippen molar-refractivity contribution < 1.29 is 14.3 Å². The molecule has 6 heteroatoms. The molecular weight excluding hydrogens is 264 g/mol. The van der Waals surface area contributed by atoms with Gasteiger partial charge in [0.15, 0.2) is 0 Å². The molecule has 0 aliphatic carbocycles. The first kappa shape index (κ1) is 14.4. The second kappa shape index (κ2) is 6.93. The standard InChI is InChI=1S/C13H20N2O3S/c1-9(7-13(16)17)6-11-14-15-12(18-11)8-10-2-4-19-5-3-10/h9-10H,2-8H2,1H3,(H,16,17). The quantitative estimate of drug-likeness (QED) is 0.864. The summed E-state index contributed by atoms with van der Waals surface area (Å²) in [6.07, 6.45) is 3.98. The van der Waals surface area contributed by atoms with Crippen LogP contribution < -0.4 is 0 Å². The van der Waals surface area contributed by atoms with Crippen LogP contribution in [0.4, 0.5) is 0 Å². The molecule has 5 nitrogen and oxygen atoms in total. The zero-order valence-electron chi connectivity index (χ0n) is 11.2. The number of hydrogen-bond acceptors (Lipinski definition) is 5. The summed E-state index contributed by atoms with van der Waals surface area (Å²) < 4.78 is 5.62. The Balaban J connectivity index is 1.82. The number of aliphatic carboxylic acids is 1. The summed E-state index contributed by atoms with van der Waals surface area (Å²) >= 11 is 2.01. The molecule has 1 aromatic heterocycles. The van der Waals surface area contributed by atoms with Crippen molar-refractivity contribution in [2.24, 2.45) is 11.8 Å². The van der Waals surface area contributed by atoms with Gasteiger partial charge in [-0.25, -0.2) is 0 Å². The molecule has 19 heavy (non-hydrogen) atoms. The molecule has 1 unspecified atom stereocenters. The van der Waals surface area contributed by atoms with Crippen LogP contribution in [-0.4, -0.2) is 32.8 Å². The van der Waals surface area contributed by atoms with E-state index in [1.807, 2.05) is 18.7 Å². The average molecular weight is 284 g/mol. The summed E-state index contributed by atoms with van der Waals surface area (Å²) in [5.74, 6) is 3.61. The van der Waals surface area contributed by atoms with E-state index in [0.717, 1.165) is 6.42 Å². The molecule has 1 atom stereocenters. The molecule has 0 aromatic carbocycles. The highest BCUT2D eigenvalue weighted by Gasteiger charge is 2.18. The van der Waals surface area contributed by atoms with Crippen LogP contribution in [0.25, 0.3) is 0 Å². The van der Waals surface area contributed by atoms with E-state index in [2.05, 4.69) is 10.2 Å². The Hall–Kier alpha value is -1.04. The summed E-state index contributed by atoms with van der Waals surface area (Å²) in [7, 11) is 0. The fourth-order valence-electron chi connectivity index (χ4n) is 2.32. The van der Waals surface area contributed by atoms with Crippen LogP contribution in [0.2, 0.25) is 0 Å². The number of aromatic nitrogens is 2. The third kappa shape index (κ3) is 4.86. The lowest BCUT2D eigenvalue weighted by Crippen LogP contribution is -2.12. The molecule has 0 bridgehead atoms. The third-order valence-electron chi connectivity index (χ3n) is 3.36. The maximum atomic E-state index is 10.6. The number of rotatable bonds is 6. The molecule has 0 spiro atoms. The summed E-state index contributed by atoms with van der Waals surface area (Å²) in [5.41, 5.74) is 0. The van der Waals surface area contributed by atoms with Gasteiger partial charge in [0.05, 0.1) is 0 Å². The van der Waals surface area contributed by atoms with Gasteiger partial charge in [-0.15, -0.1) is 10.2 Å². The minimum absolute atomic E-state index is 0.0249. The van der Waals surface area contributed by atoms with Gasteiger partial charge in [-0.3, -0.25) is 4.79 Å². The Bertz CT molecular complexity index is 416. The van der Waals surface area contributed by atoms with E-state index in [0.29, 0.717) is 24.1 Å². The van der Waals surface area contributed by atoms with Crippen LogP contribution in [0.1, 0.15) is 38.0 Å².